The van der Waals surface area contributed by atoms with Gasteiger partial charge in [-0.1, -0.05) is 26.0 Å². The Labute approximate surface area is 110 Å². The minimum absolute atomic E-state index is 0.237. The predicted octanol–water partition coefficient (Wildman–Crippen LogP) is 0.447. The van der Waals surface area contributed by atoms with Crippen LogP contribution in [-0.4, -0.2) is 28.2 Å². The molecule has 1 aliphatic rings. The molecule has 2 amide bonds. The maximum absolute atomic E-state index is 12.3. The van der Waals surface area contributed by atoms with Gasteiger partial charge in [0.05, 0.1) is 22.6 Å². The van der Waals surface area contributed by atoms with Crippen molar-refractivity contribution in [1.82, 2.24) is 4.90 Å². The third-order valence-electron chi connectivity index (χ3n) is 3.80. The Morgan fingerprint density at radius 2 is 1.58 bits per heavy atom. The van der Waals surface area contributed by atoms with E-state index in [1.54, 1.807) is 26.0 Å². The van der Waals surface area contributed by atoms with Gasteiger partial charge in [-0.3, -0.25) is 14.5 Å². The van der Waals surface area contributed by atoms with Crippen LogP contribution in [0.25, 0.3) is 0 Å². The highest BCUT2D eigenvalue weighted by Crippen LogP contribution is 2.33. The maximum Gasteiger partial charge on any atom is 0.262 e. The Kier molecular flexibility index (Phi) is 2.92. The number of benzene rings is 1. The fourth-order valence-electron chi connectivity index (χ4n) is 2.20. The lowest BCUT2D eigenvalue weighted by atomic mass is 9.86. The molecule has 0 spiro atoms. The summed E-state index contributed by atoms with van der Waals surface area (Å²) in [7, 11) is 0. The molecule has 5 nitrogen and oxygen atoms in total. The minimum Gasteiger partial charge on any atom is -0.548 e. The highest BCUT2D eigenvalue weighted by molar-refractivity contribution is 6.23. The molecule has 0 fully saturated rings. The topological polar surface area (TPSA) is 77.5 Å². The van der Waals surface area contributed by atoms with Gasteiger partial charge in [0, 0.05) is 0 Å². The number of hydrogen-bond acceptors (Lipinski definition) is 4. The number of nitrogens with zero attached hydrogens (tertiary/aromatic N) is 1. The fourth-order valence-corrected chi connectivity index (χ4v) is 2.20. The van der Waals surface area contributed by atoms with Crippen LogP contribution in [0.4, 0.5) is 0 Å². The number of carboxylic acids is 1. The first-order valence-electron chi connectivity index (χ1n) is 6.01. The molecular weight excluding hydrogens is 246 g/mol. The first-order valence-corrected chi connectivity index (χ1v) is 6.01. The summed E-state index contributed by atoms with van der Waals surface area (Å²) < 4.78 is 0. The molecule has 0 aliphatic carbocycles. The molecule has 1 aliphatic heterocycles. The second kappa shape index (κ2) is 4.19. The first kappa shape index (κ1) is 13.3. The van der Waals surface area contributed by atoms with Crippen molar-refractivity contribution in [1.29, 1.82) is 0 Å². The summed E-state index contributed by atoms with van der Waals surface area (Å²) in [5, 5.41) is 11.4. The molecule has 0 saturated carbocycles. The first-order chi connectivity index (χ1) is 8.81. The zero-order valence-electron chi connectivity index (χ0n) is 11.0. The van der Waals surface area contributed by atoms with Gasteiger partial charge < -0.3 is 9.90 Å². The molecule has 1 atom stereocenters. The van der Waals surface area contributed by atoms with Crippen LogP contribution in [0.3, 0.4) is 0 Å². The van der Waals surface area contributed by atoms with Crippen molar-refractivity contribution < 1.29 is 19.5 Å². The van der Waals surface area contributed by atoms with Gasteiger partial charge in [0.1, 0.15) is 0 Å². The smallest absolute Gasteiger partial charge is 0.262 e. The van der Waals surface area contributed by atoms with Crippen molar-refractivity contribution >= 4 is 17.8 Å². The summed E-state index contributed by atoms with van der Waals surface area (Å²) in [6, 6.07) is 6.32. The lowest BCUT2D eigenvalue weighted by Crippen LogP contribution is -2.63. The molecule has 2 rings (SSSR count). The van der Waals surface area contributed by atoms with Crippen molar-refractivity contribution in [3.63, 3.8) is 0 Å². The normalized spacial score (nSPS) is 17.6. The van der Waals surface area contributed by atoms with Crippen LogP contribution in [0.15, 0.2) is 24.3 Å². The molecule has 1 aromatic carbocycles. The number of amides is 2. The Morgan fingerprint density at radius 1 is 1.16 bits per heavy atom. The number of fused-ring (bicyclic) bond motifs is 1. The van der Waals surface area contributed by atoms with E-state index >= 15 is 0 Å². The van der Waals surface area contributed by atoms with Gasteiger partial charge in [-0.15, -0.1) is 0 Å². The number of carbonyl (C=O) groups excluding carboxylic acids is 3. The number of aliphatic carboxylic acids is 1. The largest absolute Gasteiger partial charge is 0.548 e. The third-order valence-corrected chi connectivity index (χ3v) is 3.80. The van der Waals surface area contributed by atoms with Crippen LogP contribution in [0, 0.1) is 5.92 Å². The van der Waals surface area contributed by atoms with E-state index in [1.165, 1.54) is 19.1 Å². The molecule has 0 aromatic heterocycles. The standard InChI is InChI=1S/C14H15NO4/c1-8(2)14(3,13(18)19)15-11(16)9-6-4-5-7-10(9)12(15)17/h4-8H,1-3H3,(H,18,19)/p-1/t14-/m0/s1. The minimum atomic E-state index is -1.66. The average molecular weight is 260 g/mol. The van der Waals surface area contributed by atoms with Gasteiger partial charge in [0.15, 0.2) is 0 Å². The zero-order chi connectivity index (χ0) is 14.4. The van der Waals surface area contributed by atoms with E-state index in [-0.39, 0.29) is 11.1 Å². The van der Waals surface area contributed by atoms with Gasteiger partial charge in [-0.05, 0) is 25.0 Å². The van der Waals surface area contributed by atoms with E-state index in [0.717, 1.165) is 4.90 Å². The van der Waals surface area contributed by atoms with Crippen molar-refractivity contribution in [3.8, 4) is 0 Å². The summed E-state index contributed by atoms with van der Waals surface area (Å²) in [5.74, 6) is -3.06. The molecular formula is C14H14NO4-. The van der Waals surface area contributed by atoms with E-state index < -0.39 is 29.2 Å². The summed E-state index contributed by atoms with van der Waals surface area (Å²) in [5.41, 5.74) is -1.19. The highest BCUT2D eigenvalue weighted by Gasteiger charge is 2.48. The van der Waals surface area contributed by atoms with Crippen LogP contribution in [0.1, 0.15) is 41.5 Å². The van der Waals surface area contributed by atoms with E-state index in [9.17, 15) is 19.5 Å². The fraction of sp³-hybridized carbons (Fsp3) is 0.357. The monoisotopic (exact) mass is 260 g/mol. The number of hydrogen-bond donors (Lipinski definition) is 0. The lowest BCUT2D eigenvalue weighted by Gasteiger charge is -2.41. The molecule has 0 unspecified atom stereocenters. The van der Waals surface area contributed by atoms with E-state index in [2.05, 4.69) is 0 Å². The number of carbonyl (C=O) groups is 3. The van der Waals surface area contributed by atoms with Crippen molar-refractivity contribution in [2.45, 2.75) is 26.3 Å². The van der Waals surface area contributed by atoms with Gasteiger partial charge >= 0.3 is 0 Å². The van der Waals surface area contributed by atoms with E-state index in [1.807, 2.05) is 0 Å². The molecule has 0 bridgehead atoms. The second-order valence-corrected chi connectivity index (χ2v) is 5.08. The SMILES string of the molecule is CC(C)[C@@](C)(C(=O)[O-])N1C(=O)c2ccccc2C1=O. The Balaban J connectivity index is 2.58. The van der Waals surface area contributed by atoms with Gasteiger partial charge in [-0.2, -0.15) is 0 Å². The lowest BCUT2D eigenvalue weighted by molar-refractivity contribution is -0.318. The molecule has 100 valence electrons. The third kappa shape index (κ3) is 1.65. The zero-order valence-corrected chi connectivity index (χ0v) is 11.0. The molecule has 19 heavy (non-hydrogen) atoms. The molecule has 1 heterocycles. The number of carboxylic acid groups (broad SMARTS) is 1. The van der Waals surface area contributed by atoms with Crippen LogP contribution < -0.4 is 5.11 Å². The summed E-state index contributed by atoms with van der Waals surface area (Å²) >= 11 is 0. The summed E-state index contributed by atoms with van der Waals surface area (Å²) in [6.07, 6.45) is 0. The highest BCUT2D eigenvalue weighted by atomic mass is 16.4. The van der Waals surface area contributed by atoms with Gasteiger partial charge in [0.25, 0.3) is 11.8 Å². The van der Waals surface area contributed by atoms with E-state index in [4.69, 9.17) is 0 Å². The van der Waals surface area contributed by atoms with Crippen LogP contribution >= 0.6 is 0 Å². The van der Waals surface area contributed by atoms with Crippen molar-refractivity contribution in [3.05, 3.63) is 35.4 Å². The van der Waals surface area contributed by atoms with Crippen molar-refractivity contribution in [2.75, 3.05) is 0 Å². The van der Waals surface area contributed by atoms with Gasteiger partial charge in [0.2, 0.25) is 0 Å². The van der Waals surface area contributed by atoms with Crippen LogP contribution in [0.5, 0.6) is 0 Å². The summed E-state index contributed by atoms with van der Waals surface area (Å²) in [6.45, 7) is 4.62. The molecule has 0 saturated heterocycles. The Hall–Kier alpha value is -2.17. The molecule has 1 aromatic rings. The van der Waals surface area contributed by atoms with E-state index in [0.29, 0.717) is 0 Å². The second-order valence-electron chi connectivity index (χ2n) is 5.08. The molecule has 5 heteroatoms. The number of imide groups is 1. The Bertz CT molecular complexity index is 544. The molecule has 0 N–H and O–H groups in total. The maximum atomic E-state index is 12.3. The Morgan fingerprint density at radius 3 is 1.89 bits per heavy atom. The van der Waals surface area contributed by atoms with Gasteiger partial charge in [-0.25, -0.2) is 0 Å². The van der Waals surface area contributed by atoms with Crippen LogP contribution in [0.2, 0.25) is 0 Å². The predicted molar refractivity (Wildman–Crippen MR) is 65.2 cm³/mol. The molecule has 0 radical (unpaired) electrons. The van der Waals surface area contributed by atoms with Crippen LogP contribution in [-0.2, 0) is 4.79 Å². The quantitative estimate of drug-likeness (QED) is 0.739. The van der Waals surface area contributed by atoms with Crippen molar-refractivity contribution in [2.24, 2.45) is 5.92 Å². The average Bonchev–Trinajstić information content (AvgIpc) is 2.61. The number of rotatable bonds is 3. The summed E-state index contributed by atoms with van der Waals surface area (Å²) in [4.78, 5) is 36.8.